The Kier molecular flexibility index (Phi) is 5.94. The van der Waals surface area contributed by atoms with Crippen LogP contribution in [0.1, 0.15) is 24.3 Å². The first-order valence-corrected chi connectivity index (χ1v) is 15.0. The fourth-order valence-electron chi connectivity index (χ4n) is 5.37. The van der Waals surface area contributed by atoms with Gasteiger partial charge in [0.1, 0.15) is 24.3 Å². The quantitative estimate of drug-likeness (QED) is 0.345. The molecule has 1 atom stereocenters. The van der Waals surface area contributed by atoms with Gasteiger partial charge in [-0.3, -0.25) is 9.36 Å². The van der Waals surface area contributed by atoms with Gasteiger partial charge in [-0.1, -0.05) is 17.4 Å². The predicted octanol–water partition coefficient (Wildman–Crippen LogP) is 1.74. The van der Waals surface area contributed by atoms with E-state index in [1.807, 2.05) is 11.0 Å². The first-order valence-electron chi connectivity index (χ1n) is 12.7. The van der Waals surface area contributed by atoms with Gasteiger partial charge in [-0.2, -0.15) is 9.98 Å². The molecule has 1 amide bonds. The predicted molar refractivity (Wildman–Crippen MR) is 141 cm³/mol. The Morgan fingerprint density at radius 2 is 2.05 bits per heavy atom. The minimum atomic E-state index is -4.09. The number of fused-ring (bicyclic) bond motifs is 4. The third-order valence-corrected chi connectivity index (χ3v) is 10.00. The summed E-state index contributed by atoms with van der Waals surface area (Å²) in [7, 11) is -4.09. The van der Waals surface area contributed by atoms with Crippen molar-refractivity contribution in [3.05, 3.63) is 29.5 Å². The van der Waals surface area contributed by atoms with Crippen molar-refractivity contribution in [3.63, 3.8) is 0 Å². The van der Waals surface area contributed by atoms with Crippen LogP contribution in [-0.2, 0) is 19.6 Å². The molecule has 17 heteroatoms. The van der Waals surface area contributed by atoms with E-state index in [1.165, 1.54) is 23.0 Å². The van der Waals surface area contributed by atoms with Gasteiger partial charge in [-0.25, -0.2) is 27.2 Å². The molecule has 41 heavy (non-hydrogen) atoms. The summed E-state index contributed by atoms with van der Waals surface area (Å²) >= 11 is 0.670. The van der Waals surface area contributed by atoms with Gasteiger partial charge in [0, 0.05) is 25.0 Å². The second-order valence-electron chi connectivity index (χ2n) is 10.1. The zero-order valence-electron chi connectivity index (χ0n) is 21.2. The number of nitriles is 1. The molecule has 4 aromatic rings. The molecule has 0 spiro atoms. The van der Waals surface area contributed by atoms with Gasteiger partial charge in [-0.15, -0.1) is 10.2 Å². The standard InChI is InChI=1S/C24H21F2N9O4S2/c25-19(26)22-30-31-23(40-22)35-16-7-14(41(37,38)32-24(11-27)3-4-24)1-2-15(16)18-20(28-12-29-21(18)35)33-5-6-34-13(8-33)9-39-10-17(34)36/h1-2,7,12-13,19,32H,3-6,8-10H2/t13-/m1/s1. The lowest BCUT2D eigenvalue weighted by Gasteiger charge is -2.44. The highest BCUT2D eigenvalue weighted by Crippen LogP contribution is 2.40. The summed E-state index contributed by atoms with van der Waals surface area (Å²) in [6, 6.07) is 6.29. The number of carbonyl (C=O) groups is 1. The largest absolute Gasteiger partial charge is 0.369 e. The summed E-state index contributed by atoms with van der Waals surface area (Å²) in [6.45, 7) is 1.85. The van der Waals surface area contributed by atoms with Gasteiger partial charge in [0.05, 0.1) is 34.5 Å². The summed E-state index contributed by atoms with van der Waals surface area (Å²) in [6.07, 6.45) is -0.663. The number of benzene rings is 1. The molecule has 212 valence electrons. The highest BCUT2D eigenvalue weighted by Gasteiger charge is 2.47. The van der Waals surface area contributed by atoms with Crippen LogP contribution in [0.2, 0.25) is 0 Å². The highest BCUT2D eigenvalue weighted by atomic mass is 32.2. The first-order chi connectivity index (χ1) is 19.7. The molecule has 1 aromatic carbocycles. The van der Waals surface area contributed by atoms with E-state index in [0.717, 1.165) is 0 Å². The third-order valence-electron chi connectivity index (χ3n) is 7.55. The zero-order chi connectivity index (χ0) is 28.5. The van der Waals surface area contributed by atoms with Crippen LogP contribution >= 0.6 is 11.3 Å². The number of aromatic nitrogens is 5. The van der Waals surface area contributed by atoms with Crippen molar-refractivity contribution in [2.45, 2.75) is 35.7 Å². The number of anilines is 1. The Bertz CT molecular complexity index is 1870. The molecule has 2 saturated heterocycles. The molecule has 7 rings (SSSR count). The van der Waals surface area contributed by atoms with Gasteiger partial charge in [-0.05, 0) is 25.0 Å². The van der Waals surface area contributed by atoms with Crippen molar-refractivity contribution in [1.29, 1.82) is 5.26 Å². The van der Waals surface area contributed by atoms with E-state index in [9.17, 15) is 27.3 Å². The smallest absolute Gasteiger partial charge is 0.291 e. The maximum absolute atomic E-state index is 13.5. The van der Waals surface area contributed by atoms with E-state index < -0.39 is 27.0 Å². The number of rotatable bonds is 6. The molecule has 1 N–H and O–H groups in total. The summed E-state index contributed by atoms with van der Waals surface area (Å²) < 4.78 is 62.8. The number of halogens is 2. The van der Waals surface area contributed by atoms with Crippen LogP contribution in [0.25, 0.3) is 27.1 Å². The molecule has 0 bridgehead atoms. The fraction of sp³-hybridized carbons (Fsp3) is 0.417. The minimum Gasteiger partial charge on any atom is -0.369 e. The molecule has 3 aromatic heterocycles. The van der Waals surface area contributed by atoms with E-state index in [0.29, 0.717) is 78.2 Å². The van der Waals surface area contributed by atoms with Gasteiger partial charge in [0.25, 0.3) is 6.43 Å². The molecule has 2 aliphatic heterocycles. The summed E-state index contributed by atoms with van der Waals surface area (Å²) in [5, 5.41) is 17.7. The fourth-order valence-corrected chi connectivity index (χ4v) is 7.48. The average Bonchev–Trinajstić information content (AvgIpc) is 3.40. The Hall–Kier alpha value is -3.85. The van der Waals surface area contributed by atoms with Gasteiger partial charge in [0.2, 0.25) is 21.1 Å². The highest BCUT2D eigenvalue weighted by molar-refractivity contribution is 7.89. The van der Waals surface area contributed by atoms with Crippen molar-refractivity contribution >= 4 is 55.0 Å². The Labute approximate surface area is 235 Å². The maximum atomic E-state index is 13.5. The van der Waals surface area contributed by atoms with Gasteiger partial charge < -0.3 is 14.5 Å². The number of piperazine rings is 1. The average molecular weight is 602 g/mol. The summed E-state index contributed by atoms with van der Waals surface area (Å²) in [4.78, 5) is 25.0. The Morgan fingerprint density at radius 3 is 2.78 bits per heavy atom. The van der Waals surface area contributed by atoms with Crippen molar-refractivity contribution < 1.29 is 26.7 Å². The number of alkyl halides is 2. The monoisotopic (exact) mass is 601 g/mol. The number of ether oxygens (including phenoxy) is 1. The molecular formula is C24H21F2N9O4S2. The second-order valence-corrected chi connectivity index (χ2v) is 12.8. The Morgan fingerprint density at radius 1 is 1.22 bits per heavy atom. The van der Waals surface area contributed by atoms with Crippen LogP contribution in [0.4, 0.5) is 14.6 Å². The molecule has 1 aliphatic carbocycles. The van der Waals surface area contributed by atoms with E-state index >= 15 is 0 Å². The molecule has 13 nitrogen and oxygen atoms in total. The van der Waals surface area contributed by atoms with Crippen LogP contribution in [0.5, 0.6) is 0 Å². The van der Waals surface area contributed by atoms with Crippen LogP contribution < -0.4 is 9.62 Å². The number of carbonyl (C=O) groups excluding carboxylic acids is 1. The number of morpholine rings is 1. The van der Waals surface area contributed by atoms with Crippen LogP contribution in [0.15, 0.2) is 29.4 Å². The van der Waals surface area contributed by atoms with Crippen LogP contribution in [-0.4, -0.2) is 88.4 Å². The molecule has 0 unspecified atom stereocenters. The van der Waals surface area contributed by atoms with Gasteiger partial charge >= 0.3 is 0 Å². The number of hydrogen-bond donors (Lipinski definition) is 1. The number of nitrogens with zero attached hydrogens (tertiary/aromatic N) is 8. The number of amides is 1. The topological polar surface area (TPSA) is 159 Å². The zero-order valence-corrected chi connectivity index (χ0v) is 22.8. The molecule has 5 heterocycles. The lowest BCUT2D eigenvalue weighted by atomic mass is 10.1. The minimum absolute atomic E-state index is 0.0553. The van der Waals surface area contributed by atoms with Crippen LogP contribution in [0, 0.1) is 11.3 Å². The molecule has 0 radical (unpaired) electrons. The summed E-state index contributed by atoms with van der Waals surface area (Å²) in [5.74, 6) is 0.480. The van der Waals surface area contributed by atoms with E-state index in [2.05, 4.69) is 24.9 Å². The van der Waals surface area contributed by atoms with Crippen molar-refractivity contribution in [2.75, 3.05) is 37.7 Å². The lowest BCUT2D eigenvalue weighted by Crippen LogP contribution is -2.60. The number of nitrogens with one attached hydrogen (secondary N) is 1. The third kappa shape index (κ3) is 4.29. The Balaban J connectivity index is 1.40. The number of hydrogen-bond acceptors (Lipinski definition) is 11. The lowest BCUT2D eigenvalue weighted by molar-refractivity contribution is -0.148. The van der Waals surface area contributed by atoms with Crippen molar-refractivity contribution in [2.24, 2.45) is 0 Å². The molecule has 3 fully saturated rings. The normalized spacial score (nSPS) is 20.5. The second kappa shape index (κ2) is 9.34. The van der Waals surface area contributed by atoms with E-state index in [4.69, 9.17) is 4.74 Å². The SMILES string of the molecule is N#CC1(NS(=O)(=O)c2ccc3c4c(N5CCN6C(=O)COC[C@H]6C5)ncnc4n(-c4nnc(C(F)F)s4)c3c2)CC1. The molecule has 3 aliphatic rings. The van der Waals surface area contributed by atoms with Gasteiger partial charge in [0.15, 0.2) is 10.7 Å². The maximum Gasteiger partial charge on any atom is 0.291 e. The molecule has 1 saturated carbocycles. The van der Waals surface area contributed by atoms with E-state index in [-0.39, 0.29) is 28.6 Å². The molecular weight excluding hydrogens is 580 g/mol. The first kappa shape index (κ1) is 26.1. The van der Waals surface area contributed by atoms with Crippen LogP contribution in [0.3, 0.4) is 0 Å². The number of sulfonamides is 1. The van der Waals surface area contributed by atoms with Crippen molar-refractivity contribution in [3.8, 4) is 11.2 Å². The van der Waals surface area contributed by atoms with Crippen molar-refractivity contribution in [1.82, 2.24) is 34.4 Å². The summed E-state index contributed by atoms with van der Waals surface area (Å²) in [5.41, 5.74) is -0.451. The van der Waals surface area contributed by atoms with E-state index in [1.54, 1.807) is 11.0 Å².